The summed E-state index contributed by atoms with van der Waals surface area (Å²) in [6, 6.07) is 10.3. The van der Waals surface area contributed by atoms with E-state index < -0.39 is 0 Å². The van der Waals surface area contributed by atoms with E-state index in [9.17, 15) is 0 Å². The molecule has 0 saturated heterocycles. The Hall–Kier alpha value is -2.05. The maximum Gasteiger partial charge on any atom is 0.249 e. The van der Waals surface area contributed by atoms with Crippen molar-refractivity contribution >= 4 is 17.4 Å². The molecule has 0 aliphatic carbocycles. The largest absolute Gasteiger partial charge is 0.479 e. The predicted molar refractivity (Wildman–Crippen MR) is 94.9 cm³/mol. The third-order valence-electron chi connectivity index (χ3n) is 4.42. The van der Waals surface area contributed by atoms with Gasteiger partial charge in [-0.2, -0.15) is 0 Å². The first-order chi connectivity index (χ1) is 11.7. The van der Waals surface area contributed by atoms with Crippen LogP contribution in [0.1, 0.15) is 17.0 Å². The standard InChI is InChI=1S/C18H20N4OS/c1-12-14-11-21(2)10-9-15(14)22-17(19-12)16(18(20-22)23-3)24-13-7-5-4-6-8-13/h4-8H,9-11H2,1-3H3. The summed E-state index contributed by atoms with van der Waals surface area (Å²) in [6.07, 6.45) is 0.978. The van der Waals surface area contributed by atoms with Gasteiger partial charge < -0.3 is 9.64 Å². The number of aromatic nitrogens is 3. The van der Waals surface area contributed by atoms with E-state index in [0.717, 1.165) is 40.6 Å². The molecule has 0 amide bonds. The van der Waals surface area contributed by atoms with Gasteiger partial charge in [-0.15, -0.1) is 5.10 Å². The molecular weight excluding hydrogens is 320 g/mol. The quantitative estimate of drug-likeness (QED) is 0.732. The van der Waals surface area contributed by atoms with Crippen LogP contribution in [0.4, 0.5) is 0 Å². The Bertz CT molecular complexity index is 891. The summed E-state index contributed by atoms with van der Waals surface area (Å²) in [6.45, 7) is 4.05. The van der Waals surface area contributed by atoms with Crippen molar-refractivity contribution in [1.82, 2.24) is 19.5 Å². The molecular formula is C18H20N4OS. The summed E-state index contributed by atoms with van der Waals surface area (Å²) in [5, 5.41) is 4.70. The summed E-state index contributed by atoms with van der Waals surface area (Å²) in [7, 11) is 3.82. The Morgan fingerprint density at radius 1 is 1.21 bits per heavy atom. The van der Waals surface area contributed by atoms with Gasteiger partial charge in [-0.1, -0.05) is 30.0 Å². The van der Waals surface area contributed by atoms with Gasteiger partial charge in [0, 0.05) is 35.7 Å². The van der Waals surface area contributed by atoms with E-state index in [1.165, 1.54) is 11.3 Å². The second-order valence-electron chi connectivity index (χ2n) is 6.10. The number of hydrogen-bond donors (Lipinski definition) is 0. The van der Waals surface area contributed by atoms with Crippen LogP contribution in [0.2, 0.25) is 0 Å². The predicted octanol–water partition coefficient (Wildman–Crippen LogP) is 3.19. The molecule has 0 fully saturated rings. The lowest BCUT2D eigenvalue weighted by Crippen LogP contribution is -2.29. The molecule has 1 aliphatic heterocycles. The Kier molecular flexibility index (Phi) is 3.94. The first-order valence-electron chi connectivity index (χ1n) is 8.04. The molecule has 5 nitrogen and oxygen atoms in total. The minimum Gasteiger partial charge on any atom is -0.479 e. The van der Waals surface area contributed by atoms with Crippen LogP contribution in [0.5, 0.6) is 5.88 Å². The third kappa shape index (κ3) is 2.56. The number of methoxy groups -OCH3 is 1. The van der Waals surface area contributed by atoms with Crippen molar-refractivity contribution in [3.8, 4) is 5.88 Å². The van der Waals surface area contributed by atoms with Crippen molar-refractivity contribution in [2.45, 2.75) is 29.7 Å². The number of likely N-dealkylation sites (N-methyl/N-ethyl adjacent to an activating group) is 1. The fourth-order valence-electron chi connectivity index (χ4n) is 3.16. The van der Waals surface area contributed by atoms with Gasteiger partial charge in [-0.25, -0.2) is 9.50 Å². The topological polar surface area (TPSA) is 42.7 Å². The zero-order valence-corrected chi connectivity index (χ0v) is 14.9. The molecule has 0 radical (unpaired) electrons. The fraction of sp³-hybridized carbons (Fsp3) is 0.333. The molecule has 1 aromatic carbocycles. The molecule has 3 heterocycles. The molecule has 6 heteroatoms. The van der Waals surface area contributed by atoms with E-state index in [0.29, 0.717) is 5.88 Å². The van der Waals surface area contributed by atoms with E-state index in [2.05, 4.69) is 31.0 Å². The SMILES string of the molecule is COc1nn2c3c(c(C)nc2c1Sc1ccccc1)CN(C)CC3. The molecule has 0 N–H and O–H groups in total. The van der Waals surface area contributed by atoms with Gasteiger partial charge in [-0.3, -0.25) is 0 Å². The van der Waals surface area contributed by atoms with Gasteiger partial charge in [0.05, 0.1) is 12.8 Å². The lowest BCUT2D eigenvalue weighted by atomic mass is 10.0. The lowest BCUT2D eigenvalue weighted by molar-refractivity contribution is 0.305. The summed E-state index contributed by atoms with van der Waals surface area (Å²) >= 11 is 1.65. The molecule has 1 aliphatic rings. The first kappa shape index (κ1) is 15.5. The Morgan fingerprint density at radius 2 is 2.00 bits per heavy atom. The van der Waals surface area contributed by atoms with Crippen molar-refractivity contribution in [3.63, 3.8) is 0 Å². The van der Waals surface area contributed by atoms with Crippen LogP contribution < -0.4 is 4.74 Å². The van der Waals surface area contributed by atoms with Crippen LogP contribution in [0.25, 0.3) is 5.65 Å². The number of rotatable bonds is 3. The minimum atomic E-state index is 0.642. The van der Waals surface area contributed by atoms with Crippen LogP contribution in [-0.2, 0) is 13.0 Å². The highest BCUT2D eigenvalue weighted by molar-refractivity contribution is 7.99. The molecule has 24 heavy (non-hydrogen) atoms. The van der Waals surface area contributed by atoms with Gasteiger partial charge in [0.25, 0.3) is 0 Å². The van der Waals surface area contributed by atoms with Crippen LogP contribution >= 0.6 is 11.8 Å². The summed E-state index contributed by atoms with van der Waals surface area (Å²) < 4.78 is 7.54. The molecule has 2 aromatic heterocycles. The number of ether oxygens (including phenoxy) is 1. The molecule has 4 rings (SSSR count). The van der Waals surface area contributed by atoms with Crippen LogP contribution in [0, 0.1) is 6.92 Å². The summed E-state index contributed by atoms with van der Waals surface area (Å²) in [4.78, 5) is 9.32. The Morgan fingerprint density at radius 3 is 2.75 bits per heavy atom. The fourth-order valence-corrected chi connectivity index (χ4v) is 4.13. The van der Waals surface area contributed by atoms with Crippen LogP contribution in [0.15, 0.2) is 40.1 Å². The van der Waals surface area contributed by atoms with Gasteiger partial charge in [-0.05, 0) is 26.1 Å². The van der Waals surface area contributed by atoms with Gasteiger partial charge in [0.1, 0.15) is 4.90 Å². The smallest absolute Gasteiger partial charge is 0.249 e. The van der Waals surface area contributed by atoms with Crippen LogP contribution in [-0.4, -0.2) is 40.2 Å². The highest BCUT2D eigenvalue weighted by Gasteiger charge is 2.24. The average molecular weight is 340 g/mol. The second kappa shape index (κ2) is 6.11. The summed E-state index contributed by atoms with van der Waals surface area (Å²) in [5.41, 5.74) is 4.52. The number of fused-ring (bicyclic) bond motifs is 3. The van der Waals surface area contributed by atoms with E-state index in [1.54, 1.807) is 18.9 Å². The zero-order chi connectivity index (χ0) is 16.7. The van der Waals surface area contributed by atoms with Gasteiger partial charge >= 0.3 is 0 Å². The van der Waals surface area contributed by atoms with Crippen LogP contribution in [0.3, 0.4) is 0 Å². The van der Waals surface area contributed by atoms with Crippen molar-refractivity contribution in [1.29, 1.82) is 0 Å². The zero-order valence-electron chi connectivity index (χ0n) is 14.1. The van der Waals surface area contributed by atoms with E-state index in [1.807, 2.05) is 22.7 Å². The molecule has 124 valence electrons. The van der Waals surface area contributed by atoms with E-state index in [4.69, 9.17) is 14.8 Å². The molecule has 0 spiro atoms. The van der Waals surface area contributed by atoms with Crippen molar-refractivity contribution < 1.29 is 4.74 Å². The van der Waals surface area contributed by atoms with Gasteiger partial charge in [0.2, 0.25) is 5.88 Å². The normalized spacial score (nSPS) is 14.8. The molecule has 0 bridgehead atoms. The van der Waals surface area contributed by atoms with E-state index >= 15 is 0 Å². The average Bonchev–Trinajstić information content (AvgIpc) is 2.94. The molecule has 0 unspecified atom stereocenters. The van der Waals surface area contributed by atoms with Crippen molar-refractivity contribution in [2.24, 2.45) is 0 Å². The number of benzene rings is 1. The molecule has 3 aromatic rings. The lowest BCUT2D eigenvalue weighted by Gasteiger charge is -2.26. The molecule has 0 saturated carbocycles. The molecule has 0 atom stereocenters. The number of hydrogen-bond acceptors (Lipinski definition) is 5. The third-order valence-corrected chi connectivity index (χ3v) is 5.49. The number of nitrogens with zero attached hydrogens (tertiary/aromatic N) is 4. The Balaban J connectivity index is 1.89. The van der Waals surface area contributed by atoms with Gasteiger partial charge in [0.15, 0.2) is 5.65 Å². The highest BCUT2D eigenvalue weighted by Crippen LogP contribution is 2.38. The summed E-state index contributed by atoms with van der Waals surface area (Å²) in [5.74, 6) is 0.642. The second-order valence-corrected chi connectivity index (χ2v) is 7.18. The highest BCUT2D eigenvalue weighted by atomic mass is 32.2. The van der Waals surface area contributed by atoms with Crippen molar-refractivity contribution in [3.05, 3.63) is 47.3 Å². The Labute approximate surface area is 145 Å². The van der Waals surface area contributed by atoms with Crippen molar-refractivity contribution in [2.75, 3.05) is 20.7 Å². The van der Waals surface area contributed by atoms with E-state index in [-0.39, 0.29) is 0 Å². The number of aryl methyl sites for hydroxylation is 1. The first-order valence-corrected chi connectivity index (χ1v) is 8.85. The maximum absolute atomic E-state index is 5.55. The monoisotopic (exact) mass is 340 g/mol. The maximum atomic E-state index is 5.55. The minimum absolute atomic E-state index is 0.642.